The van der Waals surface area contributed by atoms with Crippen LogP contribution in [0.1, 0.15) is 18.0 Å². The van der Waals surface area contributed by atoms with Crippen LogP contribution in [0.25, 0.3) is 5.69 Å². The molecule has 1 aromatic heterocycles. The number of carboxylic acids is 1. The molecule has 0 radical (unpaired) electrons. The second-order valence-electron chi connectivity index (χ2n) is 3.76. The molecule has 0 aliphatic carbocycles. The number of rotatable bonds is 4. The van der Waals surface area contributed by atoms with Crippen LogP contribution in [-0.4, -0.2) is 20.9 Å². The van der Waals surface area contributed by atoms with Crippen LogP contribution in [0.4, 0.5) is 0 Å². The fourth-order valence-electron chi connectivity index (χ4n) is 1.56. The Morgan fingerprint density at radius 1 is 1.41 bits per heavy atom. The van der Waals surface area contributed by atoms with Crippen LogP contribution in [0.2, 0.25) is 0 Å². The van der Waals surface area contributed by atoms with Crippen LogP contribution >= 0.6 is 0 Å². The van der Waals surface area contributed by atoms with Gasteiger partial charge >= 0.3 is 5.97 Å². The average Bonchev–Trinajstić information content (AvgIpc) is 2.78. The van der Waals surface area contributed by atoms with E-state index in [1.165, 1.54) is 0 Å². The van der Waals surface area contributed by atoms with Crippen LogP contribution in [0, 0.1) is 0 Å². The largest absolute Gasteiger partial charge is 0.481 e. The molecule has 1 atom stereocenters. The van der Waals surface area contributed by atoms with E-state index < -0.39 is 12.0 Å². The Morgan fingerprint density at radius 2 is 2.12 bits per heavy atom. The van der Waals surface area contributed by atoms with E-state index in [0.717, 1.165) is 11.3 Å². The minimum absolute atomic E-state index is 0.0967. The van der Waals surface area contributed by atoms with E-state index in [2.05, 4.69) is 5.10 Å². The first-order valence-corrected chi connectivity index (χ1v) is 5.24. The van der Waals surface area contributed by atoms with Gasteiger partial charge in [-0.1, -0.05) is 18.2 Å². The number of nitrogens with zero attached hydrogens (tertiary/aromatic N) is 2. The lowest BCUT2D eigenvalue weighted by atomic mass is 10.1. The quantitative estimate of drug-likeness (QED) is 0.832. The highest BCUT2D eigenvalue weighted by Crippen LogP contribution is 2.15. The summed E-state index contributed by atoms with van der Waals surface area (Å²) in [5, 5.41) is 12.8. The number of hydrogen-bond donors (Lipinski definition) is 2. The zero-order chi connectivity index (χ0) is 12.3. The van der Waals surface area contributed by atoms with Gasteiger partial charge in [-0.25, -0.2) is 4.68 Å². The van der Waals surface area contributed by atoms with Crippen molar-refractivity contribution in [3.8, 4) is 5.69 Å². The van der Waals surface area contributed by atoms with Gasteiger partial charge in [0.2, 0.25) is 0 Å². The van der Waals surface area contributed by atoms with Crippen molar-refractivity contribution < 1.29 is 9.90 Å². The van der Waals surface area contributed by atoms with Gasteiger partial charge in [0.1, 0.15) is 0 Å². The number of carbonyl (C=O) groups is 1. The van der Waals surface area contributed by atoms with E-state index in [0.29, 0.717) is 0 Å². The second-order valence-corrected chi connectivity index (χ2v) is 3.76. The van der Waals surface area contributed by atoms with Gasteiger partial charge in [0.05, 0.1) is 18.3 Å². The third-order valence-corrected chi connectivity index (χ3v) is 2.45. The Labute approximate surface area is 98.5 Å². The van der Waals surface area contributed by atoms with Crippen LogP contribution in [-0.2, 0) is 4.79 Å². The third-order valence-electron chi connectivity index (χ3n) is 2.45. The summed E-state index contributed by atoms with van der Waals surface area (Å²) in [6.07, 6.45) is 3.25. The van der Waals surface area contributed by atoms with Crippen LogP contribution < -0.4 is 5.73 Å². The monoisotopic (exact) mass is 231 g/mol. The minimum Gasteiger partial charge on any atom is -0.481 e. The zero-order valence-electron chi connectivity index (χ0n) is 9.15. The molecule has 2 aromatic rings. The van der Waals surface area contributed by atoms with Crippen molar-refractivity contribution in [2.75, 3.05) is 0 Å². The van der Waals surface area contributed by atoms with Crippen molar-refractivity contribution in [1.29, 1.82) is 0 Å². The lowest BCUT2D eigenvalue weighted by Gasteiger charge is -2.04. The summed E-state index contributed by atoms with van der Waals surface area (Å²) in [4.78, 5) is 10.6. The lowest BCUT2D eigenvalue weighted by Crippen LogP contribution is -2.14. The minimum atomic E-state index is -0.912. The van der Waals surface area contributed by atoms with E-state index in [1.807, 2.05) is 30.3 Å². The molecule has 0 bridgehead atoms. The van der Waals surface area contributed by atoms with Crippen LogP contribution in [0.5, 0.6) is 0 Å². The van der Waals surface area contributed by atoms with Crippen molar-refractivity contribution in [3.63, 3.8) is 0 Å². The summed E-state index contributed by atoms with van der Waals surface area (Å²) in [6.45, 7) is 0. The maximum Gasteiger partial charge on any atom is 0.305 e. The summed E-state index contributed by atoms with van der Waals surface area (Å²) in [6, 6.07) is 9.05. The summed E-state index contributed by atoms with van der Waals surface area (Å²) in [7, 11) is 0. The van der Waals surface area contributed by atoms with Crippen LogP contribution in [0.3, 0.4) is 0 Å². The van der Waals surface area contributed by atoms with Gasteiger partial charge in [-0.3, -0.25) is 4.79 Å². The lowest BCUT2D eigenvalue weighted by molar-refractivity contribution is -0.137. The zero-order valence-corrected chi connectivity index (χ0v) is 9.15. The normalized spacial score (nSPS) is 12.3. The standard InChI is InChI=1S/C12H13N3O2/c13-11(6-12(16)17)9-7-14-15(8-9)10-4-2-1-3-5-10/h1-5,7-8,11H,6,13H2,(H,16,17). The van der Waals surface area contributed by atoms with E-state index in [9.17, 15) is 4.79 Å². The van der Waals surface area contributed by atoms with Gasteiger partial charge in [0.25, 0.3) is 0 Å². The van der Waals surface area contributed by atoms with Gasteiger partial charge < -0.3 is 10.8 Å². The van der Waals surface area contributed by atoms with Crippen molar-refractivity contribution in [2.45, 2.75) is 12.5 Å². The van der Waals surface area contributed by atoms with E-state index in [4.69, 9.17) is 10.8 Å². The Balaban J connectivity index is 2.19. The highest BCUT2D eigenvalue weighted by atomic mass is 16.4. The molecular weight excluding hydrogens is 218 g/mol. The Bertz CT molecular complexity index is 507. The number of carboxylic acid groups (broad SMARTS) is 1. The van der Waals surface area contributed by atoms with Crippen molar-refractivity contribution in [1.82, 2.24) is 9.78 Å². The van der Waals surface area contributed by atoms with Crippen molar-refractivity contribution in [2.24, 2.45) is 5.73 Å². The summed E-state index contributed by atoms with van der Waals surface area (Å²) in [5.74, 6) is -0.912. The Morgan fingerprint density at radius 3 is 2.76 bits per heavy atom. The molecule has 1 unspecified atom stereocenters. The Hall–Kier alpha value is -2.14. The molecule has 5 nitrogen and oxygen atoms in total. The van der Waals surface area contributed by atoms with Crippen molar-refractivity contribution in [3.05, 3.63) is 48.3 Å². The first-order chi connectivity index (χ1) is 8.16. The number of benzene rings is 1. The second kappa shape index (κ2) is 4.80. The molecule has 17 heavy (non-hydrogen) atoms. The fourth-order valence-corrected chi connectivity index (χ4v) is 1.56. The molecule has 0 amide bonds. The molecule has 1 heterocycles. The topological polar surface area (TPSA) is 81.1 Å². The van der Waals surface area contributed by atoms with E-state index in [-0.39, 0.29) is 6.42 Å². The predicted molar refractivity (Wildman–Crippen MR) is 62.7 cm³/mol. The SMILES string of the molecule is NC(CC(=O)O)c1cnn(-c2ccccc2)c1. The molecule has 0 aliphatic rings. The third kappa shape index (κ3) is 2.70. The first kappa shape index (κ1) is 11.3. The summed E-state index contributed by atoms with van der Waals surface area (Å²) in [5.41, 5.74) is 7.39. The van der Waals surface area contributed by atoms with E-state index >= 15 is 0 Å². The molecule has 2 rings (SSSR count). The molecule has 0 aliphatic heterocycles. The molecule has 1 aromatic carbocycles. The highest BCUT2D eigenvalue weighted by Gasteiger charge is 2.12. The van der Waals surface area contributed by atoms with Gasteiger partial charge in [-0.2, -0.15) is 5.10 Å². The van der Waals surface area contributed by atoms with Gasteiger partial charge in [0, 0.05) is 17.8 Å². The molecule has 88 valence electrons. The van der Waals surface area contributed by atoms with Crippen LogP contribution in [0.15, 0.2) is 42.7 Å². The number of para-hydroxylation sites is 1. The maximum atomic E-state index is 10.6. The van der Waals surface area contributed by atoms with Gasteiger partial charge in [-0.05, 0) is 12.1 Å². The maximum absolute atomic E-state index is 10.6. The number of aromatic nitrogens is 2. The molecule has 0 spiro atoms. The van der Waals surface area contributed by atoms with Gasteiger partial charge in [-0.15, -0.1) is 0 Å². The number of hydrogen-bond acceptors (Lipinski definition) is 3. The summed E-state index contributed by atoms with van der Waals surface area (Å²) >= 11 is 0. The molecule has 0 fully saturated rings. The smallest absolute Gasteiger partial charge is 0.305 e. The number of nitrogens with two attached hydrogens (primary N) is 1. The average molecular weight is 231 g/mol. The Kier molecular flexibility index (Phi) is 3.20. The van der Waals surface area contributed by atoms with E-state index in [1.54, 1.807) is 17.1 Å². The predicted octanol–water partition coefficient (Wildman–Crippen LogP) is 1.35. The molecular formula is C12H13N3O2. The van der Waals surface area contributed by atoms with Crippen molar-refractivity contribution >= 4 is 5.97 Å². The fraction of sp³-hybridized carbons (Fsp3) is 0.167. The molecule has 0 saturated heterocycles. The number of aliphatic carboxylic acids is 1. The molecule has 3 N–H and O–H groups in total. The highest BCUT2D eigenvalue weighted by molar-refractivity contribution is 5.67. The first-order valence-electron chi connectivity index (χ1n) is 5.24. The molecule has 5 heteroatoms. The molecule has 0 saturated carbocycles. The summed E-state index contributed by atoms with van der Waals surface area (Å²) < 4.78 is 1.68. The van der Waals surface area contributed by atoms with Gasteiger partial charge in [0.15, 0.2) is 0 Å².